The summed E-state index contributed by atoms with van der Waals surface area (Å²) in [5, 5.41) is 9.53. The molecule has 1 saturated heterocycles. The largest absolute Gasteiger partial charge is 0.489 e. The molecule has 1 heterocycles. The van der Waals surface area contributed by atoms with Crippen LogP contribution in [0.15, 0.2) is 115 Å². The first-order valence-electron chi connectivity index (χ1n) is 21.6. The molecule has 4 amide bonds. The molecule has 16 heteroatoms. The van der Waals surface area contributed by atoms with Crippen molar-refractivity contribution in [3.8, 4) is 5.75 Å². The fourth-order valence-electron chi connectivity index (χ4n) is 7.23. The second-order valence-electron chi connectivity index (χ2n) is 17.2. The lowest BCUT2D eigenvalue weighted by Gasteiger charge is -2.35. The van der Waals surface area contributed by atoms with Crippen LogP contribution in [-0.4, -0.2) is 84.1 Å². The molecule has 0 aliphatic carbocycles. The van der Waals surface area contributed by atoms with Crippen molar-refractivity contribution in [3.63, 3.8) is 0 Å². The number of carbonyl (C=O) groups is 5. The predicted octanol–water partition coefficient (Wildman–Crippen LogP) is 8.50. The van der Waals surface area contributed by atoms with Crippen molar-refractivity contribution in [1.82, 2.24) is 20.9 Å². The Kier molecular flexibility index (Phi) is 18.4. The van der Waals surface area contributed by atoms with Crippen LogP contribution in [0.3, 0.4) is 0 Å². The summed E-state index contributed by atoms with van der Waals surface area (Å²) in [6.45, 7) is 9.08. The first-order chi connectivity index (χ1) is 31.4. The van der Waals surface area contributed by atoms with Crippen molar-refractivity contribution in [2.45, 2.75) is 109 Å². The van der Waals surface area contributed by atoms with Gasteiger partial charge in [-0.2, -0.15) is 0 Å². The number of nitrogens with one attached hydrogen (secondary N) is 3. The number of methoxy groups -OCH3 is 1. The van der Waals surface area contributed by atoms with Crippen LogP contribution in [0.4, 0.5) is 9.59 Å². The Bertz CT molecular complexity index is 2290. The van der Waals surface area contributed by atoms with E-state index in [2.05, 4.69) is 16.0 Å². The molecule has 352 valence electrons. The minimum Gasteiger partial charge on any atom is -0.489 e. The topological polar surface area (TPSA) is 171 Å². The Balaban J connectivity index is 1.32. The summed E-state index contributed by atoms with van der Waals surface area (Å²) in [6, 6.07) is 28.3. The maximum absolute atomic E-state index is 14.5. The van der Waals surface area contributed by atoms with Crippen molar-refractivity contribution in [2.75, 3.05) is 13.7 Å². The molecule has 0 spiro atoms. The third-order valence-electron chi connectivity index (χ3n) is 10.4. The number of benzene rings is 4. The molecule has 0 bridgehead atoms. The van der Waals surface area contributed by atoms with Gasteiger partial charge in [-0.05, 0) is 100 Å². The third kappa shape index (κ3) is 15.8. The Hall–Kier alpha value is -6.09. The Morgan fingerprint density at radius 1 is 0.803 bits per heavy atom. The maximum atomic E-state index is 14.5. The quantitative estimate of drug-likeness (QED) is 0.0359. The van der Waals surface area contributed by atoms with E-state index in [1.807, 2.05) is 78.9 Å². The van der Waals surface area contributed by atoms with E-state index in [4.69, 9.17) is 46.9 Å². The van der Waals surface area contributed by atoms with E-state index in [1.165, 1.54) is 24.2 Å². The van der Waals surface area contributed by atoms with Gasteiger partial charge in [0.05, 0.1) is 29.2 Å². The third-order valence-corrected chi connectivity index (χ3v) is 11.1. The van der Waals surface area contributed by atoms with Gasteiger partial charge in [-0.25, -0.2) is 14.4 Å². The highest BCUT2D eigenvalue weighted by Gasteiger charge is 2.53. The zero-order chi connectivity index (χ0) is 47.9. The molecule has 4 aromatic rings. The van der Waals surface area contributed by atoms with Gasteiger partial charge in [-0.15, -0.1) is 0 Å². The average molecular weight is 946 g/mol. The lowest BCUT2D eigenvalue weighted by molar-refractivity contribution is -0.141. The highest BCUT2D eigenvalue weighted by atomic mass is 35.5. The van der Waals surface area contributed by atoms with Crippen molar-refractivity contribution in [1.29, 1.82) is 0 Å². The number of alkyl carbamates (subject to hydrolysis) is 1. The van der Waals surface area contributed by atoms with Crippen LogP contribution in [-0.2, 0) is 59.4 Å². The van der Waals surface area contributed by atoms with Crippen molar-refractivity contribution in [2.24, 2.45) is 0 Å². The molecular formula is C50H58Cl2N4O10. The summed E-state index contributed by atoms with van der Waals surface area (Å²) >= 11 is 12.2. The summed E-state index contributed by atoms with van der Waals surface area (Å²) in [7, 11) is 1.25. The summed E-state index contributed by atoms with van der Waals surface area (Å²) in [6.07, 6.45) is 1.13. The van der Waals surface area contributed by atoms with Crippen LogP contribution in [0, 0.1) is 0 Å². The van der Waals surface area contributed by atoms with Crippen molar-refractivity contribution in [3.05, 3.63) is 148 Å². The molecule has 1 fully saturated rings. The van der Waals surface area contributed by atoms with E-state index >= 15 is 0 Å². The van der Waals surface area contributed by atoms with Crippen molar-refractivity contribution >= 4 is 53.2 Å². The average Bonchev–Trinajstić information content (AvgIpc) is 3.56. The summed E-state index contributed by atoms with van der Waals surface area (Å²) in [5.41, 5.74) is 1.09. The summed E-state index contributed by atoms with van der Waals surface area (Å²) < 4.78 is 28.3. The molecule has 0 saturated carbocycles. The SMILES string of the molecule is COC(=O)/C=C/[C@H](Cc1ccc(OCc2ccc(Cl)c(Cl)c2)cc1)NC(=O)[C@H](Cc1ccccc1)NC(=O)[C@@H]1OC(C)(C)N(C(=O)OC(C)(C)C)[C@H]1CCCNC(=O)OCc1ccccc1. The predicted molar refractivity (Wildman–Crippen MR) is 251 cm³/mol. The van der Waals surface area contributed by atoms with Gasteiger partial charge in [0, 0.05) is 19.0 Å². The van der Waals surface area contributed by atoms with Gasteiger partial charge in [0.2, 0.25) is 5.91 Å². The molecule has 4 atom stereocenters. The van der Waals surface area contributed by atoms with E-state index in [0.717, 1.165) is 22.3 Å². The molecular weight excluding hydrogens is 887 g/mol. The lowest BCUT2D eigenvalue weighted by atomic mass is 10.0. The monoisotopic (exact) mass is 944 g/mol. The minimum absolute atomic E-state index is 0.0949. The molecule has 3 N–H and O–H groups in total. The Morgan fingerprint density at radius 3 is 2.08 bits per heavy atom. The van der Waals surface area contributed by atoms with Crippen LogP contribution in [0.1, 0.15) is 69.7 Å². The number of amides is 4. The van der Waals surface area contributed by atoms with Gasteiger partial charge in [-0.3, -0.25) is 14.5 Å². The van der Waals surface area contributed by atoms with Gasteiger partial charge in [0.15, 0.2) is 6.10 Å². The first kappa shape index (κ1) is 50.9. The number of rotatable bonds is 19. The molecule has 0 radical (unpaired) electrons. The fraction of sp³-hybridized carbons (Fsp3) is 0.380. The van der Waals surface area contributed by atoms with Gasteiger partial charge in [0.25, 0.3) is 5.91 Å². The zero-order valence-electron chi connectivity index (χ0n) is 38.0. The Labute approximate surface area is 396 Å². The number of halogens is 2. The second kappa shape index (κ2) is 23.9. The molecule has 4 aromatic carbocycles. The minimum atomic E-state index is -1.30. The van der Waals surface area contributed by atoms with E-state index in [0.29, 0.717) is 22.2 Å². The highest BCUT2D eigenvalue weighted by Crippen LogP contribution is 2.36. The molecule has 1 aliphatic rings. The fourth-order valence-corrected chi connectivity index (χ4v) is 7.55. The molecule has 1 aliphatic heterocycles. The molecule has 0 unspecified atom stereocenters. The van der Waals surface area contributed by atoms with Crippen LogP contribution in [0.2, 0.25) is 10.0 Å². The standard InChI is InChI=1S/C50H58Cl2N4O10/c1-49(2,3)66-48(61)56-42(18-13-27-53-47(60)64-31-35-16-11-8-12-17-35)44(65-50(56,4)5)46(59)55-41(30-33-14-9-7-10-15-33)45(58)54-37(22-26-43(57)62-6)28-34-19-23-38(24-20-34)63-32-36-21-25-39(51)40(52)29-36/h7-12,14-17,19-26,29,37,41-42,44H,13,18,27-28,30-32H2,1-6H3,(H,53,60)(H,54,58)(H,55,59)/b26-22+/t37-,41+,42+,44-/m1/s1. The number of hydrogen-bond acceptors (Lipinski definition) is 10. The second-order valence-corrected chi connectivity index (χ2v) is 18.0. The lowest BCUT2D eigenvalue weighted by Crippen LogP contribution is -2.55. The zero-order valence-corrected chi connectivity index (χ0v) is 39.5. The number of carbonyl (C=O) groups excluding carboxylic acids is 5. The maximum Gasteiger partial charge on any atom is 0.412 e. The van der Waals surface area contributed by atoms with Gasteiger partial charge in [-0.1, -0.05) is 108 Å². The summed E-state index contributed by atoms with van der Waals surface area (Å²) in [4.78, 5) is 68.9. The number of nitrogens with zero attached hydrogens (tertiary/aromatic N) is 1. The van der Waals surface area contributed by atoms with E-state index < -0.39 is 65.5 Å². The number of hydrogen-bond donors (Lipinski definition) is 3. The molecule has 0 aromatic heterocycles. The van der Waals surface area contributed by atoms with Gasteiger partial charge >= 0.3 is 18.2 Å². The normalized spacial score (nSPS) is 16.5. The smallest absolute Gasteiger partial charge is 0.412 e. The van der Waals surface area contributed by atoms with E-state index in [1.54, 1.807) is 58.9 Å². The van der Waals surface area contributed by atoms with E-state index in [-0.39, 0.29) is 39.0 Å². The van der Waals surface area contributed by atoms with Crippen LogP contribution < -0.4 is 20.7 Å². The van der Waals surface area contributed by atoms with Gasteiger partial charge in [0.1, 0.15) is 36.3 Å². The van der Waals surface area contributed by atoms with Crippen LogP contribution in [0.25, 0.3) is 0 Å². The first-order valence-corrected chi connectivity index (χ1v) is 22.4. The number of ether oxygens (including phenoxy) is 5. The Morgan fingerprint density at radius 2 is 1.44 bits per heavy atom. The van der Waals surface area contributed by atoms with Crippen LogP contribution >= 0.6 is 23.2 Å². The highest BCUT2D eigenvalue weighted by molar-refractivity contribution is 6.42. The summed E-state index contributed by atoms with van der Waals surface area (Å²) in [5.74, 6) is -1.19. The van der Waals surface area contributed by atoms with Gasteiger partial charge < -0.3 is 39.6 Å². The molecule has 14 nitrogen and oxygen atoms in total. The van der Waals surface area contributed by atoms with E-state index in [9.17, 15) is 24.0 Å². The molecule has 66 heavy (non-hydrogen) atoms. The number of esters is 1. The van der Waals surface area contributed by atoms with Crippen LogP contribution in [0.5, 0.6) is 5.75 Å². The van der Waals surface area contributed by atoms with Crippen molar-refractivity contribution < 1.29 is 47.7 Å². The molecule has 5 rings (SSSR count).